The van der Waals surface area contributed by atoms with Crippen molar-refractivity contribution >= 4 is 40.5 Å². The third-order valence-electron chi connectivity index (χ3n) is 1.70. The Bertz CT molecular complexity index is 494. The van der Waals surface area contributed by atoms with E-state index in [0.29, 0.717) is 0 Å². The molecule has 0 aliphatic carbocycles. The molecule has 9 heteroatoms. The van der Waals surface area contributed by atoms with Crippen LogP contribution in [-0.4, -0.2) is 15.9 Å². The van der Waals surface area contributed by atoms with Crippen LogP contribution in [0.2, 0.25) is 5.02 Å². The first-order chi connectivity index (χ1) is 7.91. The van der Waals surface area contributed by atoms with Crippen molar-refractivity contribution in [3.05, 3.63) is 38.9 Å². The maximum atomic E-state index is 11.5. The van der Waals surface area contributed by atoms with Crippen LogP contribution < -0.4 is 16.6 Å². The van der Waals surface area contributed by atoms with E-state index in [4.69, 9.17) is 17.3 Å². The number of nitrogens with zero attached hydrogens (tertiary/aromatic N) is 1. The lowest BCUT2D eigenvalue weighted by Gasteiger charge is -2.06. The maximum Gasteiger partial charge on any atom is 0.283 e. The summed E-state index contributed by atoms with van der Waals surface area (Å²) >= 11 is 10.1. The van der Waals surface area contributed by atoms with Gasteiger partial charge in [-0.1, -0.05) is 11.6 Å². The molecule has 0 spiro atoms. The molecular formula is C8H7ClN4O3S. The minimum Gasteiger partial charge on any atom is -0.375 e. The Balaban J connectivity index is 3.00. The van der Waals surface area contributed by atoms with Gasteiger partial charge in [0.2, 0.25) is 0 Å². The third-order valence-corrected chi connectivity index (χ3v) is 2.04. The van der Waals surface area contributed by atoms with Gasteiger partial charge in [-0.2, -0.15) is 0 Å². The average Bonchev–Trinajstić information content (AvgIpc) is 2.25. The summed E-state index contributed by atoms with van der Waals surface area (Å²) in [6.45, 7) is 0. The zero-order chi connectivity index (χ0) is 13.0. The number of nitrogens with one attached hydrogen (secondary N) is 2. The number of benzene rings is 1. The maximum absolute atomic E-state index is 11.5. The Labute approximate surface area is 106 Å². The molecule has 0 saturated carbocycles. The van der Waals surface area contributed by atoms with Gasteiger partial charge < -0.3 is 5.73 Å². The van der Waals surface area contributed by atoms with Gasteiger partial charge in [0.1, 0.15) is 5.56 Å². The number of halogens is 1. The van der Waals surface area contributed by atoms with Crippen molar-refractivity contribution in [1.29, 1.82) is 0 Å². The minimum atomic E-state index is -0.735. The molecule has 0 aliphatic rings. The molecule has 0 fully saturated rings. The molecule has 1 amide bonds. The first-order valence-electron chi connectivity index (χ1n) is 4.21. The van der Waals surface area contributed by atoms with Crippen molar-refractivity contribution in [1.82, 2.24) is 10.9 Å². The number of carbonyl (C=O) groups is 1. The number of nitrogens with two attached hydrogens (primary N) is 1. The number of nitro groups is 1. The first kappa shape index (κ1) is 13.1. The Morgan fingerprint density at radius 1 is 1.47 bits per heavy atom. The van der Waals surface area contributed by atoms with Crippen molar-refractivity contribution in [2.24, 2.45) is 5.73 Å². The van der Waals surface area contributed by atoms with Gasteiger partial charge in [0.25, 0.3) is 11.6 Å². The lowest BCUT2D eigenvalue weighted by Crippen LogP contribution is -2.44. The van der Waals surface area contributed by atoms with E-state index in [-0.39, 0.29) is 15.7 Å². The lowest BCUT2D eigenvalue weighted by molar-refractivity contribution is -0.385. The molecule has 0 saturated heterocycles. The smallest absolute Gasteiger partial charge is 0.283 e. The molecule has 17 heavy (non-hydrogen) atoms. The number of hydrazine groups is 1. The molecule has 0 aliphatic heterocycles. The molecule has 90 valence electrons. The second-order valence-corrected chi connectivity index (χ2v) is 3.74. The Hall–Kier alpha value is -1.93. The second kappa shape index (κ2) is 5.41. The third kappa shape index (κ3) is 3.54. The molecule has 0 heterocycles. The highest BCUT2D eigenvalue weighted by Crippen LogP contribution is 2.22. The Morgan fingerprint density at radius 3 is 2.65 bits per heavy atom. The monoisotopic (exact) mass is 274 g/mol. The molecule has 1 rings (SSSR count). The summed E-state index contributed by atoms with van der Waals surface area (Å²) in [4.78, 5) is 21.6. The number of hydrogen-bond acceptors (Lipinski definition) is 4. The zero-order valence-electron chi connectivity index (χ0n) is 8.27. The fourth-order valence-corrected chi connectivity index (χ4v) is 1.25. The summed E-state index contributed by atoms with van der Waals surface area (Å²) in [6.07, 6.45) is 0. The molecular weight excluding hydrogens is 268 g/mol. The molecule has 0 atom stereocenters. The molecule has 0 bridgehead atoms. The summed E-state index contributed by atoms with van der Waals surface area (Å²) in [7, 11) is 0. The van der Waals surface area contributed by atoms with Crippen LogP contribution in [0, 0.1) is 10.1 Å². The average molecular weight is 275 g/mol. The van der Waals surface area contributed by atoms with Crippen LogP contribution >= 0.6 is 23.8 Å². The Morgan fingerprint density at radius 2 is 2.12 bits per heavy atom. The fraction of sp³-hybridized carbons (Fsp3) is 0. The van der Waals surface area contributed by atoms with Crippen molar-refractivity contribution in [2.45, 2.75) is 0 Å². The normalized spacial score (nSPS) is 9.47. The van der Waals surface area contributed by atoms with E-state index >= 15 is 0 Å². The highest BCUT2D eigenvalue weighted by Gasteiger charge is 2.20. The number of amides is 1. The molecule has 7 nitrogen and oxygen atoms in total. The number of rotatable bonds is 2. The second-order valence-electron chi connectivity index (χ2n) is 2.86. The van der Waals surface area contributed by atoms with Crippen molar-refractivity contribution in [3.63, 3.8) is 0 Å². The van der Waals surface area contributed by atoms with Crippen molar-refractivity contribution in [2.75, 3.05) is 0 Å². The van der Waals surface area contributed by atoms with Crippen LogP contribution in [0.3, 0.4) is 0 Å². The standard InChI is InChI=1S/C8H7ClN4O3S/c9-4-1-2-5(6(3-4)13(15)16)7(14)11-12-8(10)17/h1-3H,(H,11,14)(H3,10,12,17). The van der Waals surface area contributed by atoms with E-state index < -0.39 is 16.5 Å². The first-order valence-corrected chi connectivity index (χ1v) is 5.00. The van der Waals surface area contributed by atoms with Gasteiger partial charge in [-0.15, -0.1) is 0 Å². The van der Waals surface area contributed by atoms with Gasteiger partial charge in [-0.25, -0.2) is 0 Å². The van der Waals surface area contributed by atoms with Gasteiger partial charge >= 0.3 is 0 Å². The van der Waals surface area contributed by atoms with Gasteiger partial charge in [-0.3, -0.25) is 25.8 Å². The Kier molecular flexibility index (Phi) is 4.18. The molecule has 1 aromatic carbocycles. The molecule has 0 unspecified atom stereocenters. The predicted molar refractivity (Wildman–Crippen MR) is 65.5 cm³/mol. The van der Waals surface area contributed by atoms with Crippen LogP contribution in [0.5, 0.6) is 0 Å². The highest BCUT2D eigenvalue weighted by molar-refractivity contribution is 7.80. The summed E-state index contributed by atoms with van der Waals surface area (Å²) in [5.74, 6) is -0.735. The highest BCUT2D eigenvalue weighted by atomic mass is 35.5. The van der Waals surface area contributed by atoms with E-state index in [9.17, 15) is 14.9 Å². The van der Waals surface area contributed by atoms with Gasteiger partial charge in [0, 0.05) is 11.1 Å². The van der Waals surface area contributed by atoms with Crippen LogP contribution in [0.1, 0.15) is 10.4 Å². The summed E-state index contributed by atoms with van der Waals surface area (Å²) in [5, 5.41) is 10.7. The topological polar surface area (TPSA) is 110 Å². The predicted octanol–water partition coefficient (Wildman–Crippen LogP) is 0.726. The van der Waals surface area contributed by atoms with E-state index in [2.05, 4.69) is 23.1 Å². The number of thiocarbonyl (C=S) groups is 1. The number of nitro benzene ring substituents is 1. The van der Waals surface area contributed by atoms with E-state index in [1.807, 2.05) is 0 Å². The summed E-state index contributed by atoms with van der Waals surface area (Å²) in [5.41, 5.74) is 8.83. The molecule has 1 aromatic rings. The molecule has 0 aromatic heterocycles. The largest absolute Gasteiger partial charge is 0.375 e. The van der Waals surface area contributed by atoms with Gasteiger partial charge in [0.15, 0.2) is 5.11 Å². The molecule has 4 N–H and O–H groups in total. The SMILES string of the molecule is NC(=S)NNC(=O)c1ccc(Cl)cc1[N+](=O)[O-]. The molecule has 0 radical (unpaired) electrons. The fourth-order valence-electron chi connectivity index (χ4n) is 1.03. The van der Waals surface area contributed by atoms with Crippen LogP contribution in [0.15, 0.2) is 18.2 Å². The van der Waals surface area contributed by atoms with Gasteiger partial charge in [0.05, 0.1) is 4.92 Å². The minimum absolute atomic E-state index is 0.150. The zero-order valence-corrected chi connectivity index (χ0v) is 9.84. The quantitative estimate of drug-likeness (QED) is 0.416. The lowest BCUT2D eigenvalue weighted by atomic mass is 10.2. The van der Waals surface area contributed by atoms with Crippen LogP contribution in [0.4, 0.5) is 5.69 Å². The number of hydrogen-bond donors (Lipinski definition) is 3. The van der Waals surface area contributed by atoms with E-state index in [1.54, 1.807) is 0 Å². The van der Waals surface area contributed by atoms with Crippen molar-refractivity contribution in [3.8, 4) is 0 Å². The van der Waals surface area contributed by atoms with Gasteiger partial charge in [-0.05, 0) is 24.4 Å². The van der Waals surface area contributed by atoms with Crippen LogP contribution in [-0.2, 0) is 0 Å². The summed E-state index contributed by atoms with van der Waals surface area (Å²) in [6, 6.07) is 3.68. The summed E-state index contributed by atoms with van der Waals surface area (Å²) < 4.78 is 0. The van der Waals surface area contributed by atoms with Crippen LogP contribution in [0.25, 0.3) is 0 Å². The van der Waals surface area contributed by atoms with Crippen molar-refractivity contribution < 1.29 is 9.72 Å². The van der Waals surface area contributed by atoms with E-state index in [0.717, 1.165) is 6.07 Å². The van der Waals surface area contributed by atoms with E-state index in [1.165, 1.54) is 12.1 Å². The number of carbonyl (C=O) groups excluding carboxylic acids is 1.